The lowest BCUT2D eigenvalue weighted by molar-refractivity contribution is -0.139. The topological polar surface area (TPSA) is 91.9 Å². The Morgan fingerprint density at radius 1 is 1.06 bits per heavy atom. The number of aliphatic hydroxyl groups is 1. The van der Waals surface area contributed by atoms with E-state index in [4.69, 9.17) is 9.47 Å². The molecule has 34 heavy (non-hydrogen) atoms. The van der Waals surface area contributed by atoms with Crippen molar-refractivity contribution in [3.05, 3.63) is 65.4 Å². The van der Waals surface area contributed by atoms with Crippen LogP contribution >= 0.6 is 0 Å². The van der Waals surface area contributed by atoms with Crippen LogP contribution in [0.5, 0.6) is 11.5 Å². The molecule has 1 atom stereocenters. The summed E-state index contributed by atoms with van der Waals surface area (Å²) in [5, 5.41) is 12.4. The summed E-state index contributed by atoms with van der Waals surface area (Å²) in [5.41, 5.74) is 2.09. The summed E-state index contributed by atoms with van der Waals surface area (Å²) in [6, 6.07) is 12.1. The zero-order valence-corrected chi connectivity index (χ0v) is 19.8. The first-order valence-corrected chi connectivity index (χ1v) is 11.8. The standard InChI is InChI=1S/C27H30N2O5/c1-4-7-14-29-24(20-16-28-21-11-9-8-10-18(20)21)23(26(31)27(29)32)25(30)19-13-12-17(33-5-2)15-22(19)34-6-3/h8-13,15-16,24,28,30H,4-7,14H2,1-3H3/b25-23+. The molecule has 0 radical (unpaired) electrons. The summed E-state index contributed by atoms with van der Waals surface area (Å²) in [6.45, 7) is 7.03. The molecule has 0 bridgehead atoms. The number of rotatable bonds is 9. The fourth-order valence-electron chi connectivity index (χ4n) is 4.46. The van der Waals surface area contributed by atoms with E-state index in [1.807, 2.05) is 51.2 Å². The molecule has 2 N–H and O–H groups in total. The zero-order valence-electron chi connectivity index (χ0n) is 19.8. The highest BCUT2D eigenvalue weighted by atomic mass is 16.5. The number of aromatic amines is 1. The second kappa shape index (κ2) is 10.0. The molecule has 2 heterocycles. The van der Waals surface area contributed by atoms with Crippen LogP contribution in [0.25, 0.3) is 16.7 Å². The van der Waals surface area contributed by atoms with Gasteiger partial charge < -0.3 is 24.5 Å². The number of para-hydroxylation sites is 1. The monoisotopic (exact) mass is 462 g/mol. The number of ether oxygens (including phenoxy) is 2. The molecule has 1 fully saturated rings. The number of carbonyl (C=O) groups excluding carboxylic acids is 2. The van der Waals surface area contributed by atoms with Crippen LogP contribution in [0.3, 0.4) is 0 Å². The Labute approximate surface area is 199 Å². The Kier molecular flexibility index (Phi) is 6.91. The highest BCUT2D eigenvalue weighted by molar-refractivity contribution is 6.46. The molecular formula is C27H30N2O5. The molecule has 2 aromatic carbocycles. The minimum atomic E-state index is -0.705. The van der Waals surface area contributed by atoms with Crippen molar-refractivity contribution in [2.75, 3.05) is 19.8 Å². The number of fused-ring (bicyclic) bond motifs is 1. The molecule has 1 unspecified atom stereocenters. The Balaban J connectivity index is 1.91. The maximum absolute atomic E-state index is 13.3. The Bertz CT molecular complexity index is 1240. The van der Waals surface area contributed by atoms with Gasteiger partial charge in [0.05, 0.1) is 30.4 Å². The number of aliphatic hydroxyl groups excluding tert-OH is 1. The summed E-state index contributed by atoms with van der Waals surface area (Å²) in [4.78, 5) is 31.2. The highest BCUT2D eigenvalue weighted by Gasteiger charge is 2.46. The third-order valence-corrected chi connectivity index (χ3v) is 6.03. The summed E-state index contributed by atoms with van der Waals surface area (Å²) >= 11 is 0. The van der Waals surface area contributed by atoms with E-state index in [1.165, 1.54) is 0 Å². The average Bonchev–Trinajstić information content (AvgIpc) is 3.37. The van der Waals surface area contributed by atoms with Gasteiger partial charge in [-0.25, -0.2) is 0 Å². The van der Waals surface area contributed by atoms with Crippen molar-refractivity contribution in [1.29, 1.82) is 0 Å². The second-order valence-corrected chi connectivity index (χ2v) is 8.16. The van der Waals surface area contributed by atoms with Gasteiger partial charge in [0.25, 0.3) is 11.7 Å². The number of amides is 1. The molecular weight excluding hydrogens is 432 g/mol. The van der Waals surface area contributed by atoms with Crippen LogP contribution in [0.4, 0.5) is 0 Å². The smallest absolute Gasteiger partial charge is 0.295 e. The van der Waals surface area contributed by atoms with E-state index in [0.29, 0.717) is 36.8 Å². The molecule has 4 rings (SSSR count). The van der Waals surface area contributed by atoms with Crippen LogP contribution < -0.4 is 9.47 Å². The summed E-state index contributed by atoms with van der Waals surface area (Å²) < 4.78 is 11.3. The quantitative estimate of drug-likeness (QED) is 0.259. The van der Waals surface area contributed by atoms with Crippen molar-refractivity contribution < 1.29 is 24.2 Å². The number of likely N-dealkylation sites (tertiary alicyclic amines) is 1. The number of benzene rings is 2. The minimum Gasteiger partial charge on any atom is -0.507 e. The largest absolute Gasteiger partial charge is 0.507 e. The number of hydrogen-bond donors (Lipinski definition) is 2. The van der Waals surface area contributed by atoms with Crippen LogP contribution in [0.2, 0.25) is 0 Å². The first kappa shape index (κ1) is 23.4. The maximum Gasteiger partial charge on any atom is 0.295 e. The minimum absolute atomic E-state index is 0.0657. The van der Waals surface area contributed by atoms with Crippen LogP contribution in [0.15, 0.2) is 54.2 Å². The Morgan fingerprint density at radius 2 is 1.82 bits per heavy atom. The van der Waals surface area contributed by atoms with Gasteiger partial charge in [-0.15, -0.1) is 0 Å². The van der Waals surface area contributed by atoms with Crippen LogP contribution in [0, 0.1) is 0 Å². The molecule has 1 aromatic heterocycles. The molecule has 3 aromatic rings. The van der Waals surface area contributed by atoms with Gasteiger partial charge in [0, 0.05) is 35.3 Å². The van der Waals surface area contributed by atoms with E-state index in [0.717, 1.165) is 29.3 Å². The number of aromatic nitrogens is 1. The van der Waals surface area contributed by atoms with Gasteiger partial charge in [0.1, 0.15) is 17.3 Å². The predicted molar refractivity (Wildman–Crippen MR) is 131 cm³/mol. The van der Waals surface area contributed by atoms with E-state index in [9.17, 15) is 14.7 Å². The van der Waals surface area contributed by atoms with Gasteiger partial charge >= 0.3 is 0 Å². The molecule has 1 aliphatic heterocycles. The fraction of sp³-hybridized carbons (Fsp3) is 0.333. The first-order chi connectivity index (χ1) is 16.5. The third kappa shape index (κ3) is 4.14. The highest BCUT2D eigenvalue weighted by Crippen LogP contribution is 2.43. The van der Waals surface area contributed by atoms with Crippen LogP contribution in [-0.2, 0) is 9.59 Å². The molecule has 7 heteroatoms. The van der Waals surface area contributed by atoms with Gasteiger partial charge in [0.2, 0.25) is 0 Å². The Morgan fingerprint density at radius 3 is 2.56 bits per heavy atom. The van der Waals surface area contributed by atoms with Crippen molar-refractivity contribution in [2.45, 2.75) is 39.7 Å². The normalized spacial score (nSPS) is 17.5. The number of carbonyl (C=O) groups is 2. The lowest BCUT2D eigenvalue weighted by Gasteiger charge is -2.25. The fourth-order valence-corrected chi connectivity index (χ4v) is 4.46. The molecule has 178 valence electrons. The van der Waals surface area contributed by atoms with Gasteiger partial charge in [-0.3, -0.25) is 9.59 Å². The van der Waals surface area contributed by atoms with Crippen molar-refractivity contribution in [3.63, 3.8) is 0 Å². The van der Waals surface area contributed by atoms with Gasteiger partial charge in [-0.2, -0.15) is 0 Å². The lowest BCUT2D eigenvalue weighted by Crippen LogP contribution is -2.30. The number of nitrogens with one attached hydrogen (secondary N) is 1. The molecule has 1 amide bonds. The molecule has 1 aliphatic rings. The zero-order chi connectivity index (χ0) is 24.2. The van der Waals surface area contributed by atoms with Crippen molar-refractivity contribution in [2.24, 2.45) is 0 Å². The number of Topliss-reactive ketones (excluding diaryl/α,β-unsaturated/α-hetero) is 1. The molecule has 0 saturated carbocycles. The summed E-state index contributed by atoms with van der Waals surface area (Å²) in [6.07, 6.45) is 3.44. The molecule has 0 aliphatic carbocycles. The lowest BCUT2D eigenvalue weighted by atomic mass is 9.94. The first-order valence-electron chi connectivity index (χ1n) is 11.8. The van der Waals surface area contributed by atoms with Crippen molar-refractivity contribution >= 4 is 28.4 Å². The molecule has 1 saturated heterocycles. The van der Waals surface area contributed by atoms with Crippen molar-refractivity contribution in [3.8, 4) is 11.5 Å². The van der Waals surface area contributed by atoms with Gasteiger partial charge in [-0.1, -0.05) is 31.5 Å². The van der Waals surface area contributed by atoms with Crippen molar-refractivity contribution in [1.82, 2.24) is 9.88 Å². The Hall–Kier alpha value is -3.74. The maximum atomic E-state index is 13.3. The van der Waals surface area contributed by atoms with Crippen LogP contribution in [-0.4, -0.2) is 46.4 Å². The SMILES string of the molecule is CCCCN1C(=O)C(=O)/C(=C(/O)c2ccc(OCC)cc2OCC)C1c1c[nH]c2ccccc12. The summed E-state index contributed by atoms with van der Waals surface area (Å²) in [7, 11) is 0. The molecule has 0 spiro atoms. The average molecular weight is 463 g/mol. The predicted octanol–water partition coefficient (Wildman–Crippen LogP) is 5.19. The number of hydrogen-bond acceptors (Lipinski definition) is 5. The number of H-pyrrole nitrogens is 1. The summed E-state index contributed by atoms with van der Waals surface area (Å²) in [5.74, 6) is -0.559. The van der Waals surface area contributed by atoms with Gasteiger partial charge in [-0.05, 0) is 38.5 Å². The van der Waals surface area contributed by atoms with E-state index in [2.05, 4.69) is 4.98 Å². The second-order valence-electron chi connectivity index (χ2n) is 8.16. The number of unbranched alkanes of at least 4 members (excludes halogenated alkanes) is 1. The van der Waals surface area contributed by atoms with E-state index >= 15 is 0 Å². The van der Waals surface area contributed by atoms with Crippen LogP contribution in [0.1, 0.15) is 50.8 Å². The van der Waals surface area contributed by atoms with E-state index in [1.54, 1.807) is 23.1 Å². The number of ketones is 1. The van der Waals surface area contributed by atoms with E-state index in [-0.39, 0.29) is 11.3 Å². The number of nitrogens with zero attached hydrogens (tertiary/aromatic N) is 1. The van der Waals surface area contributed by atoms with Gasteiger partial charge in [0.15, 0.2) is 0 Å². The van der Waals surface area contributed by atoms with E-state index < -0.39 is 17.7 Å². The molecule has 7 nitrogen and oxygen atoms in total. The third-order valence-electron chi connectivity index (χ3n) is 6.03.